The van der Waals surface area contributed by atoms with Crippen molar-refractivity contribution < 1.29 is 4.79 Å². The molecule has 0 radical (unpaired) electrons. The number of rotatable bonds is 2. The predicted molar refractivity (Wildman–Crippen MR) is 101 cm³/mol. The maximum absolute atomic E-state index is 12.4. The summed E-state index contributed by atoms with van der Waals surface area (Å²) in [4.78, 5) is 31.9. The van der Waals surface area contributed by atoms with Crippen LogP contribution in [0.4, 0.5) is 0 Å². The lowest BCUT2D eigenvalue weighted by atomic mass is 9.94. The monoisotopic (exact) mass is 341 g/mol. The summed E-state index contributed by atoms with van der Waals surface area (Å²) in [7, 11) is 0. The molecule has 2 heterocycles. The Kier molecular flexibility index (Phi) is 4.69. The Morgan fingerprint density at radius 3 is 2.44 bits per heavy atom. The summed E-state index contributed by atoms with van der Waals surface area (Å²) in [6.45, 7) is 11.6. The van der Waals surface area contributed by atoms with Crippen molar-refractivity contribution in [1.82, 2.24) is 14.8 Å². The van der Waals surface area contributed by atoms with Crippen LogP contribution in [0.15, 0.2) is 29.1 Å². The molecule has 0 unspecified atom stereocenters. The molecule has 5 nitrogen and oxygen atoms in total. The Balaban J connectivity index is 1.69. The molecule has 1 aromatic carbocycles. The molecule has 0 bridgehead atoms. The zero-order chi connectivity index (χ0) is 18.2. The number of H-pyrrole nitrogens is 1. The molecule has 0 aliphatic carbocycles. The van der Waals surface area contributed by atoms with Gasteiger partial charge in [-0.1, -0.05) is 32.9 Å². The number of aromatic nitrogens is 1. The number of aromatic amines is 1. The molecule has 0 saturated carbocycles. The van der Waals surface area contributed by atoms with Crippen LogP contribution in [0.2, 0.25) is 0 Å². The van der Waals surface area contributed by atoms with E-state index in [1.807, 2.05) is 50.8 Å². The molecule has 2 aromatic rings. The Morgan fingerprint density at radius 2 is 1.80 bits per heavy atom. The highest BCUT2D eigenvalue weighted by atomic mass is 16.2. The highest BCUT2D eigenvalue weighted by Crippen LogP contribution is 2.19. The van der Waals surface area contributed by atoms with Crippen molar-refractivity contribution in [3.8, 4) is 0 Å². The third kappa shape index (κ3) is 3.93. The van der Waals surface area contributed by atoms with E-state index in [0.29, 0.717) is 6.54 Å². The standard InChI is InChI=1S/C20H27N3O2/c1-14-5-6-15-12-16(18(24)21-17(15)11-14)13-22-7-9-23(10-8-22)19(25)20(2,3)4/h5-6,11-12H,7-10,13H2,1-4H3,(H,21,24). The molecule has 0 spiro atoms. The first-order valence-corrected chi connectivity index (χ1v) is 8.88. The number of nitrogens with zero attached hydrogens (tertiary/aromatic N) is 2. The Morgan fingerprint density at radius 1 is 1.12 bits per heavy atom. The molecule has 1 amide bonds. The number of hydrogen-bond acceptors (Lipinski definition) is 3. The van der Waals surface area contributed by atoms with Crippen LogP contribution in [0.1, 0.15) is 31.9 Å². The molecular formula is C20H27N3O2. The fourth-order valence-electron chi connectivity index (χ4n) is 3.30. The quantitative estimate of drug-likeness (QED) is 0.913. The molecular weight excluding hydrogens is 314 g/mol. The summed E-state index contributed by atoms with van der Waals surface area (Å²) in [6.07, 6.45) is 0. The molecule has 1 aliphatic rings. The van der Waals surface area contributed by atoms with E-state index in [4.69, 9.17) is 0 Å². The maximum atomic E-state index is 12.4. The Bertz CT molecular complexity index is 840. The van der Waals surface area contributed by atoms with E-state index in [2.05, 4.69) is 16.0 Å². The first-order chi connectivity index (χ1) is 11.7. The predicted octanol–water partition coefficient (Wildman–Crippen LogP) is 2.53. The molecule has 1 aromatic heterocycles. The van der Waals surface area contributed by atoms with Crippen LogP contribution >= 0.6 is 0 Å². The highest BCUT2D eigenvalue weighted by Gasteiger charge is 2.29. The van der Waals surface area contributed by atoms with Gasteiger partial charge in [-0.15, -0.1) is 0 Å². The van der Waals surface area contributed by atoms with E-state index in [-0.39, 0.29) is 16.9 Å². The van der Waals surface area contributed by atoms with E-state index in [0.717, 1.165) is 48.2 Å². The van der Waals surface area contributed by atoms with Gasteiger partial charge in [-0.3, -0.25) is 14.5 Å². The number of pyridine rings is 1. The van der Waals surface area contributed by atoms with Crippen LogP contribution in [-0.4, -0.2) is 46.9 Å². The first kappa shape index (κ1) is 17.7. The van der Waals surface area contributed by atoms with E-state index in [1.54, 1.807) is 0 Å². The van der Waals surface area contributed by atoms with Crippen molar-refractivity contribution in [3.63, 3.8) is 0 Å². The smallest absolute Gasteiger partial charge is 0.252 e. The van der Waals surface area contributed by atoms with Crippen molar-refractivity contribution in [2.75, 3.05) is 26.2 Å². The average molecular weight is 341 g/mol. The third-order valence-corrected chi connectivity index (χ3v) is 4.77. The number of nitrogens with one attached hydrogen (secondary N) is 1. The van der Waals surface area contributed by atoms with Crippen molar-refractivity contribution in [1.29, 1.82) is 0 Å². The van der Waals surface area contributed by atoms with Crippen molar-refractivity contribution in [2.45, 2.75) is 34.2 Å². The van der Waals surface area contributed by atoms with Gasteiger partial charge in [-0.05, 0) is 30.0 Å². The summed E-state index contributed by atoms with van der Waals surface area (Å²) in [5, 5.41) is 1.06. The van der Waals surface area contributed by atoms with Crippen LogP contribution < -0.4 is 5.56 Å². The summed E-state index contributed by atoms with van der Waals surface area (Å²) in [5.41, 5.74) is 2.44. The SMILES string of the molecule is Cc1ccc2cc(CN3CCN(C(=O)C(C)(C)C)CC3)c(=O)[nH]c2c1. The van der Waals surface area contributed by atoms with Crippen LogP contribution in [0, 0.1) is 12.3 Å². The van der Waals surface area contributed by atoms with Crippen LogP contribution in [0.25, 0.3) is 10.9 Å². The fourth-order valence-corrected chi connectivity index (χ4v) is 3.30. The van der Waals surface area contributed by atoms with E-state index in [1.165, 1.54) is 0 Å². The van der Waals surface area contributed by atoms with Crippen molar-refractivity contribution in [3.05, 3.63) is 45.7 Å². The average Bonchev–Trinajstić information content (AvgIpc) is 2.55. The minimum absolute atomic E-state index is 0.0219. The number of piperazine rings is 1. The Hall–Kier alpha value is -2.14. The number of carbonyl (C=O) groups is 1. The topological polar surface area (TPSA) is 56.4 Å². The molecule has 25 heavy (non-hydrogen) atoms. The number of hydrogen-bond donors (Lipinski definition) is 1. The summed E-state index contributed by atoms with van der Waals surface area (Å²) < 4.78 is 0. The lowest BCUT2D eigenvalue weighted by Gasteiger charge is -2.37. The Labute approximate surface area is 148 Å². The molecule has 3 rings (SSSR count). The first-order valence-electron chi connectivity index (χ1n) is 8.88. The molecule has 1 N–H and O–H groups in total. The number of aryl methyl sites for hydroxylation is 1. The van der Waals surface area contributed by atoms with Crippen LogP contribution in [0.3, 0.4) is 0 Å². The summed E-state index contributed by atoms with van der Waals surface area (Å²) in [5.74, 6) is 0.200. The second-order valence-electron chi connectivity index (χ2n) is 8.03. The highest BCUT2D eigenvalue weighted by molar-refractivity contribution is 5.81. The van der Waals surface area contributed by atoms with Gasteiger partial charge >= 0.3 is 0 Å². The zero-order valence-corrected chi connectivity index (χ0v) is 15.6. The molecule has 1 saturated heterocycles. The fraction of sp³-hybridized carbons (Fsp3) is 0.500. The van der Waals surface area contributed by atoms with Gasteiger partial charge in [-0.2, -0.15) is 0 Å². The summed E-state index contributed by atoms with van der Waals surface area (Å²) in [6, 6.07) is 8.09. The number of benzene rings is 1. The van der Waals surface area contributed by atoms with Crippen molar-refractivity contribution >= 4 is 16.8 Å². The lowest BCUT2D eigenvalue weighted by molar-refractivity contribution is -0.141. The lowest BCUT2D eigenvalue weighted by Crippen LogP contribution is -2.51. The molecule has 134 valence electrons. The molecule has 1 aliphatic heterocycles. The zero-order valence-electron chi connectivity index (χ0n) is 15.6. The minimum atomic E-state index is -0.338. The van der Waals surface area contributed by atoms with E-state index >= 15 is 0 Å². The van der Waals surface area contributed by atoms with Crippen molar-refractivity contribution in [2.24, 2.45) is 5.41 Å². The van der Waals surface area contributed by atoms with Crippen LogP contribution in [0.5, 0.6) is 0 Å². The van der Waals surface area contributed by atoms with Gasteiger partial charge in [0.1, 0.15) is 0 Å². The van der Waals surface area contributed by atoms with Crippen LogP contribution in [-0.2, 0) is 11.3 Å². The van der Waals surface area contributed by atoms with Gasteiger partial charge < -0.3 is 9.88 Å². The van der Waals surface area contributed by atoms with Gasteiger partial charge in [0.05, 0.1) is 0 Å². The second kappa shape index (κ2) is 6.64. The van der Waals surface area contributed by atoms with E-state index < -0.39 is 0 Å². The maximum Gasteiger partial charge on any atom is 0.252 e. The molecule has 1 fully saturated rings. The van der Waals surface area contributed by atoms with Gasteiger partial charge in [0.25, 0.3) is 5.56 Å². The minimum Gasteiger partial charge on any atom is -0.340 e. The molecule has 5 heteroatoms. The third-order valence-electron chi connectivity index (χ3n) is 4.77. The number of fused-ring (bicyclic) bond motifs is 1. The van der Waals surface area contributed by atoms with E-state index in [9.17, 15) is 9.59 Å². The van der Waals surface area contributed by atoms with Gasteiger partial charge in [0, 0.05) is 49.2 Å². The summed E-state index contributed by atoms with van der Waals surface area (Å²) >= 11 is 0. The normalized spacial score (nSPS) is 16.4. The molecule has 0 atom stereocenters. The number of amides is 1. The van der Waals surface area contributed by atoms with Gasteiger partial charge in [-0.25, -0.2) is 0 Å². The van der Waals surface area contributed by atoms with Gasteiger partial charge in [0.2, 0.25) is 5.91 Å². The van der Waals surface area contributed by atoms with Gasteiger partial charge in [0.15, 0.2) is 0 Å². The second-order valence-corrected chi connectivity index (χ2v) is 8.03. The number of carbonyl (C=O) groups excluding carboxylic acids is 1. The largest absolute Gasteiger partial charge is 0.340 e.